The molecule has 1 unspecified atom stereocenters. The van der Waals surface area contributed by atoms with Crippen molar-refractivity contribution in [3.8, 4) is 0 Å². The largest absolute Gasteiger partial charge is 0.456 e. The summed E-state index contributed by atoms with van der Waals surface area (Å²) in [5.74, 6) is 0.837. The van der Waals surface area contributed by atoms with Crippen LogP contribution in [0.4, 0.5) is 0 Å². The van der Waals surface area contributed by atoms with Crippen molar-refractivity contribution in [3.05, 3.63) is 58.0 Å². The molecule has 2 N–H and O–H groups in total. The van der Waals surface area contributed by atoms with Crippen LogP contribution in [0.25, 0.3) is 0 Å². The first-order valence-electron chi connectivity index (χ1n) is 11.7. The van der Waals surface area contributed by atoms with E-state index in [1.54, 1.807) is 6.07 Å². The Balaban J connectivity index is 1.79. The predicted molar refractivity (Wildman–Crippen MR) is 126 cm³/mol. The highest BCUT2D eigenvalue weighted by Crippen LogP contribution is 2.46. The van der Waals surface area contributed by atoms with Crippen LogP contribution >= 0.6 is 0 Å². The Morgan fingerprint density at radius 2 is 1.77 bits per heavy atom. The van der Waals surface area contributed by atoms with Gasteiger partial charge in [-0.3, -0.25) is 4.79 Å². The van der Waals surface area contributed by atoms with Crippen LogP contribution in [0.2, 0.25) is 0 Å². The summed E-state index contributed by atoms with van der Waals surface area (Å²) in [7, 11) is 0. The van der Waals surface area contributed by atoms with Crippen LogP contribution in [0.5, 0.6) is 0 Å². The number of aryl methyl sites for hydroxylation is 1. The summed E-state index contributed by atoms with van der Waals surface area (Å²) in [6.07, 6.45) is 5.83. The fourth-order valence-corrected chi connectivity index (χ4v) is 4.66. The van der Waals surface area contributed by atoms with Gasteiger partial charge in [-0.2, -0.15) is 0 Å². The fourth-order valence-electron chi connectivity index (χ4n) is 4.66. The zero-order chi connectivity index (χ0) is 22.8. The Morgan fingerprint density at radius 3 is 2.39 bits per heavy atom. The lowest BCUT2D eigenvalue weighted by molar-refractivity contribution is 0.0882. The summed E-state index contributed by atoms with van der Waals surface area (Å²) < 4.78 is 5.90. The Morgan fingerprint density at radius 1 is 1.13 bits per heavy atom. The molecule has 1 aromatic heterocycles. The van der Waals surface area contributed by atoms with Gasteiger partial charge in [0, 0.05) is 6.42 Å². The van der Waals surface area contributed by atoms with Crippen molar-refractivity contribution in [1.82, 2.24) is 5.32 Å². The van der Waals surface area contributed by atoms with Gasteiger partial charge in [0.05, 0.1) is 12.6 Å². The number of hydrogen-bond donors (Lipinski definition) is 2. The van der Waals surface area contributed by atoms with Gasteiger partial charge in [0.1, 0.15) is 5.76 Å². The molecule has 1 aromatic carbocycles. The van der Waals surface area contributed by atoms with Crippen LogP contribution in [0.3, 0.4) is 0 Å². The number of rotatable bonds is 8. The van der Waals surface area contributed by atoms with Crippen molar-refractivity contribution >= 4 is 5.91 Å². The van der Waals surface area contributed by atoms with E-state index in [2.05, 4.69) is 59.0 Å². The molecule has 2 aromatic rings. The molecule has 4 heteroatoms. The standard InChI is InChI=1S/C27H39NO3/c1-7-8-9-20(17-29)28-25(30)24-11-10-21(31-24)15-19-16-23-22(14-18(19)2)26(3,4)12-13-27(23,5)6/h10-11,14,16,20,29H,7-9,12-13,15,17H2,1-6H3,(H,28,30). The van der Waals surface area contributed by atoms with Gasteiger partial charge in [0.15, 0.2) is 5.76 Å². The monoisotopic (exact) mass is 425 g/mol. The SMILES string of the molecule is CCCCC(CO)NC(=O)c1ccc(Cc2cc3c(cc2C)C(C)(C)CCC3(C)C)o1. The predicted octanol–water partition coefficient (Wildman–Crippen LogP) is 5.81. The lowest BCUT2D eigenvalue weighted by atomic mass is 9.62. The van der Waals surface area contributed by atoms with Crippen molar-refractivity contribution < 1.29 is 14.3 Å². The van der Waals surface area contributed by atoms with Gasteiger partial charge >= 0.3 is 0 Å². The molecular formula is C27H39NO3. The minimum Gasteiger partial charge on any atom is -0.456 e. The van der Waals surface area contributed by atoms with Gasteiger partial charge in [-0.15, -0.1) is 0 Å². The van der Waals surface area contributed by atoms with E-state index in [1.165, 1.54) is 35.1 Å². The Bertz CT molecular complexity index is 923. The molecule has 3 rings (SSSR count). The zero-order valence-electron chi connectivity index (χ0n) is 20.1. The van der Waals surface area contributed by atoms with Gasteiger partial charge in [-0.05, 0) is 71.4 Å². The molecule has 4 nitrogen and oxygen atoms in total. The quantitative estimate of drug-likeness (QED) is 0.561. The van der Waals surface area contributed by atoms with Gasteiger partial charge in [0.2, 0.25) is 0 Å². The number of hydrogen-bond acceptors (Lipinski definition) is 3. The van der Waals surface area contributed by atoms with Crippen LogP contribution in [0.15, 0.2) is 28.7 Å². The van der Waals surface area contributed by atoms with E-state index in [0.717, 1.165) is 25.0 Å². The third-order valence-corrected chi connectivity index (χ3v) is 7.02. The maximum absolute atomic E-state index is 12.5. The molecule has 0 spiro atoms. The van der Waals surface area contributed by atoms with E-state index in [9.17, 15) is 9.90 Å². The van der Waals surface area contributed by atoms with Crippen molar-refractivity contribution in [3.63, 3.8) is 0 Å². The second kappa shape index (κ2) is 9.20. The molecule has 0 aliphatic heterocycles. The number of aliphatic hydroxyl groups excluding tert-OH is 1. The maximum atomic E-state index is 12.5. The summed E-state index contributed by atoms with van der Waals surface area (Å²) >= 11 is 0. The number of benzene rings is 1. The van der Waals surface area contributed by atoms with Crippen LogP contribution in [0, 0.1) is 6.92 Å². The van der Waals surface area contributed by atoms with Gasteiger partial charge in [0.25, 0.3) is 5.91 Å². The molecule has 1 aliphatic carbocycles. The highest BCUT2D eigenvalue weighted by atomic mass is 16.3. The third-order valence-electron chi connectivity index (χ3n) is 7.02. The third kappa shape index (κ3) is 5.23. The normalized spacial score (nSPS) is 17.8. The zero-order valence-corrected chi connectivity index (χ0v) is 20.1. The molecule has 0 bridgehead atoms. The van der Waals surface area contributed by atoms with E-state index in [0.29, 0.717) is 12.2 Å². The minimum absolute atomic E-state index is 0.0558. The molecular weight excluding hydrogens is 386 g/mol. The number of carbonyl (C=O) groups is 1. The van der Waals surface area contributed by atoms with Crippen molar-refractivity contribution in [2.45, 2.75) is 96.9 Å². The first-order chi connectivity index (χ1) is 14.6. The number of aliphatic hydroxyl groups is 1. The van der Waals surface area contributed by atoms with Gasteiger partial charge < -0.3 is 14.8 Å². The van der Waals surface area contributed by atoms with Crippen LogP contribution in [0.1, 0.15) is 105 Å². The average Bonchev–Trinajstić information content (AvgIpc) is 3.18. The molecule has 31 heavy (non-hydrogen) atoms. The van der Waals surface area contributed by atoms with Crippen LogP contribution in [-0.4, -0.2) is 23.7 Å². The van der Waals surface area contributed by atoms with E-state index in [1.807, 2.05) is 6.07 Å². The number of amides is 1. The number of unbranched alkanes of at least 4 members (excludes halogenated alkanes) is 1. The summed E-state index contributed by atoms with van der Waals surface area (Å²) in [6.45, 7) is 13.6. The Kier molecular flexibility index (Phi) is 7.00. The molecule has 170 valence electrons. The summed E-state index contributed by atoms with van der Waals surface area (Å²) in [5, 5.41) is 12.4. The lowest BCUT2D eigenvalue weighted by Crippen LogP contribution is -2.37. The van der Waals surface area contributed by atoms with Crippen molar-refractivity contribution in [2.75, 3.05) is 6.61 Å². The fraction of sp³-hybridized carbons (Fsp3) is 0.593. The molecule has 1 aliphatic rings. The second-order valence-electron chi connectivity index (χ2n) is 10.5. The van der Waals surface area contributed by atoms with E-state index >= 15 is 0 Å². The van der Waals surface area contributed by atoms with Crippen LogP contribution in [-0.2, 0) is 17.3 Å². The molecule has 1 heterocycles. The first kappa shape index (κ1) is 23.6. The number of fused-ring (bicyclic) bond motifs is 1. The first-order valence-corrected chi connectivity index (χ1v) is 11.7. The van der Waals surface area contributed by atoms with E-state index < -0.39 is 0 Å². The van der Waals surface area contributed by atoms with Crippen molar-refractivity contribution in [2.24, 2.45) is 0 Å². The molecule has 0 saturated heterocycles. The van der Waals surface area contributed by atoms with Gasteiger partial charge in [-0.1, -0.05) is 59.6 Å². The van der Waals surface area contributed by atoms with Crippen molar-refractivity contribution in [1.29, 1.82) is 0 Å². The minimum atomic E-state index is -0.258. The molecule has 0 radical (unpaired) electrons. The summed E-state index contributed by atoms with van der Waals surface area (Å²) in [5.41, 5.74) is 5.79. The maximum Gasteiger partial charge on any atom is 0.287 e. The average molecular weight is 426 g/mol. The highest BCUT2D eigenvalue weighted by Gasteiger charge is 2.37. The molecule has 0 saturated carbocycles. The van der Waals surface area contributed by atoms with Gasteiger partial charge in [-0.25, -0.2) is 0 Å². The molecule has 1 atom stereocenters. The van der Waals surface area contributed by atoms with E-state index in [-0.39, 0.29) is 29.4 Å². The number of carbonyl (C=O) groups excluding carboxylic acids is 1. The summed E-state index contributed by atoms with van der Waals surface area (Å²) in [6, 6.07) is 8.12. The lowest BCUT2D eigenvalue weighted by Gasteiger charge is -2.42. The Labute approximate surface area is 187 Å². The second-order valence-corrected chi connectivity index (χ2v) is 10.5. The Hall–Kier alpha value is -2.07. The number of nitrogens with one attached hydrogen (secondary N) is 1. The highest BCUT2D eigenvalue weighted by molar-refractivity contribution is 5.91. The number of furan rings is 1. The topological polar surface area (TPSA) is 62.5 Å². The molecule has 0 fully saturated rings. The van der Waals surface area contributed by atoms with E-state index in [4.69, 9.17) is 4.42 Å². The molecule has 1 amide bonds. The van der Waals surface area contributed by atoms with Crippen LogP contribution < -0.4 is 5.32 Å². The summed E-state index contributed by atoms with van der Waals surface area (Å²) in [4.78, 5) is 12.5. The smallest absolute Gasteiger partial charge is 0.287 e.